The third-order valence-electron chi connectivity index (χ3n) is 3.80. The molecule has 2 heteroatoms. The van der Waals surface area contributed by atoms with Gasteiger partial charge in [0.2, 0.25) is 0 Å². The molecule has 1 atom stereocenters. The van der Waals surface area contributed by atoms with E-state index in [9.17, 15) is 0 Å². The molecule has 0 spiro atoms. The molecular weight excluding hydrogens is 232 g/mol. The Balaban J connectivity index is 1.94. The first-order valence-electron chi connectivity index (χ1n) is 7.09. The second-order valence-corrected chi connectivity index (χ2v) is 5.55. The quantitative estimate of drug-likeness (QED) is 0.833. The van der Waals surface area contributed by atoms with Crippen molar-refractivity contribution in [3.05, 3.63) is 48.0 Å². The predicted octanol–water partition coefficient (Wildman–Crippen LogP) is 3.16. The van der Waals surface area contributed by atoms with E-state index in [2.05, 4.69) is 61.6 Å². The molecule has 0 saturated heterocycles. The van der Waals surface area contributed by atoms with Crippen molar-refractivity contribution in [2.45, 2.75) is 20.4 Å². The summed E-state index contributed by atoms with van der Waals surface area (Å²) in [6, 6.07) is 15.1. The highest BCUT2D eigenvalue weighted by Crippen LogP contribution is 2.15. The van der Waals surface area contributed by atoms with Crippen LogP contribution in [0.2, 0.25) is 0 Å². The third kappa shape index (κ3) is 3.79. The van der Waals surface area contributed by atoms with Crippen molar-refractivity contribution in [1.82, 2.24) is 5.32 Å². The molecule has 19 heavy (non-hydrogen) atoms. The van der Waals surface area contributed by atoms with E-state index >= 15 is 0 Å². The van der Waals surface area contributed by atoms with Crippen molar-refractivity contribution < 1.29 is 0 Å². The summed E-state index contributed by atoms with van der Waals surface area (Å²) in [6.07, 6.45) is 0. The van der Waals surface area contributed by atoms with Crippen LogP contribution in [0.15, 0.2) is 42.5 Å². The first-order chi connectivity index (χ1) is 9.20. The molecule has 0 aromatic heterocycles. The highest BCUT2D eigenvalue weighted by atomic mass is 14.9. The Labute approximate surface area is 116 Å². The van der Waals surface area contributed by atoms with Crippen molar-refractivity contribution in [2.75, 3.05) is 13.1 Å². The van der Waals surface area contributed by atoms with Gasteiger partial charge in [0.1, 0.15) is 0 Å². The van der Waals surface area contributed by atoms with Crippen molar-refractivity contribution >= 4 is 10.8 Å². The lowest BCUT2D eigenvalue weighted by Gasteiger charge is -2.19. The van der Waals surface area contributed by atoms with Crippen LogP contribution in [-0.2, 0) is 6.54 Å². The van der Waals surface area contributed by atoms with E-state index < -0.39 is 0 Å². The highest BCUT2D eigenvalue weighted by molar-refractivity contribution is 5.82. The number of hydrogen-bond donors (Lipinski definition) is 2. The molecule has 0 amide bonds. The summed E-state index contributed by atoms with van der Waals surface area (Å²) >= 11 is 0. The maximum Gasteiger partial charge on any atom is 0.0205 e. The van der Waals surface area contributed by atoms with Crippen LogP contribution in [0.4, 0.5) is 0 Å². The van der Waals surface area contributed by atoms with Gasteiger partial charge in [-0.1, -0.05) is 50.2 Å². The number of nitrogens with one attached hydrogen (secondary N) is 1. The van der Waals surface area contributed by atoms with E-state index in [4.69, 9.17) is 5.73 Å². The van der Waals surface area contributed by atoms with Crippen LogP contribution in [0.1, 0.15) is 19.4 Å². The van der Waals surface area contributed by atoms with E-state index in [0.717, 1.165) is 19.6 Å². The molecular formula is C17H24N2. The van der Waals surface area contributed by atoms with Crippen LogP contribution in [0.25, 0.3) is 10.8 Å². The third-order valence-corrected chi connectivity index (χ3v) is 3.80. The zero-order valence-corrected chi connectivity index (χ0v) is 11.9. The molecule has 0 radical (unpaired) electrons. The Morgan fingerprint density at radius 1 is 1.05 bits per heavy atom. The maximum atomic E-state index is 5.79. The summed E-state index contributed by atoms with van der Waals surface area (Å²) in [6.45, 7) is 7.11. The van der Waals surface area contributed by atoms with Crippen molar-refractivity contribution in [3.8, 4) is 0 Å². The molecule has 2 rings (SSSR count). The minimum atomic E-state index is 0.556. The van der Waals surface area contributed by atoms with Crippen LogP contribution in [0, 0.1) is 11.8 Å². The predicted molar refractivity (Wildman–Crippen MR) is 83.0 cm³/mol. The van der Waals surface area contributed by atoms with Crippen LogP contribution in [0.3, 0.4) is 0 Å². The molecule has 2 aromatic rings. The Morgan fingerprint density at radius 3 is 2.47 bits per heavy atom. The van der Waals surface area contributed by atoms with Gasteiger partial charge in [0.25, 0.3) is 0 Å². The zero-order chi connectivity index (χ0) is 13.7. The fourth-order valence-corrected chi connectivity index (χ4v) is 2.34. The second kappa shape index (κ2) is 6.69. The van der Waals surface area contributed by atoms with Crippen LogP contribution < -0.4 is 11.1 Å². The number of hydrogen-bond acceptors (Lipinski definition) is 2. The zero-order valence-electron chi connectivity index (χ0n) is 11.9. The topological polar surface area (TPSA) is 38.0 Å². The number of benzene rings is 2. The standard InChI is InChI=1S/C17H24N2/c1-13(2)17(10-18)12-19-11-14-7-8-15-5-3-4-6-16(15)9-14/h3-9,13,17,19H,10-12,18H2,1-2H3. The normalized spacial score (nSPS) is 13.1. The van der Waals surface area contributed by atoms with Gasteiger partial charge in [-0.3, -0.25) is 0 Å². The molecule has 3 N–H and O–H groups in total. The molecule has 0 aliphatic carbocycles. The Bertz CT molecular complexity index is 519. The maximum absolute atomic E-state index is 5.79. The Kier molecular flexibility index (Phi) is 4.94. The van der Waals surface area contributed by atoms with Crippen LogP contribution in [-0.4, -0.2) is 13.1 Å². The first kappa shape index (κ1) is 14.0. The number of fused-ring (bicyclic) bond motifs is 1. The number of nitrogens with two attached hydrogens (primary N) is 1. The van der Waals surface area contributed by atoms with E-state index in [0.29, 0.717) is 11.8 Å². The molecule has 0 aliphatic heterocycles. The fraction of sp³-hybridized carbons (Fsp3) is 0.412. The van der Waals surface area contributed by atoms with Crippen molar-refractivity contribution in [1.29, 1.82) is 0 Å². The van der Waals surface area contributed by atoms with E-state index in [-0.39, 0.29) is 0 Å². The van der Waals surface area contributed by atoms with Crippen LogP contribution >= 0.6 is 0 Å². The van der Waals surface area contributed by atoms with Crippen molar-refractivity contribution in [2.24, 2.45) is 17.6 Å². The highest BCUT2D eigenvalue weighted by Gasteiger charge is 2.10. The fourth-order valence-electron chi connectivity index (χ4n) is 2.34. The van der Waals surface area contributed by atoms with E-state index in [1.807, 2.05) is 0 Å². The van der Waals surface area contributed by atoms with Gasteiger partial charge >= 0.3 is 0 Å². The second-order valence-electron chi connectivity index (χ2n) is 5.55. The first-order valence-corrected chi connectivity index (χ1v) is 7.09. The summed E-state index contributed by atoms with van der Waals surface area (Å²) in [7, 11) is 0. The summed E-state index contributed by atoms with van der Waals surface area (Å²) in [5, 5.41) is 6.12. The summed E-state index contributed by atoms with van der Waals surface area (Å²) in [5.41, 5.74) is 7.12. The van der Waals surface area contributed by atoms with Gasteiger partial charge in [-0.25, -0.2) is 0 Å². The number of rotatable bonds is 6. The van der Waals surface area contributed by atoms with Gasteiger partial charge in [0.15, 0.2) is 0 Å². The van der Waals surface area contributed by atoms with Crippen LogP contribution in [0.5, 0.6) is 0 Å². The molecule has 2 aromatic carbocycles. The molecule has 2 nitrogen and oxygen atoms in total. The van der Waals surface area contributed by atoms with Gasteiger partial charge in [0, 0.05) is 6.54 Å². The lowest BCUT2D eigenvalue weighted by Crippen LogP contribution is -2.31. The van der Waals surface area contributed by atoms with Gasteiger partial charge in [-0.15, -0.1) is 0 Å². The molecule has 0 fully saturated rings. The molecule has 0 aliphatic rings. The van der Waals surface area contributed by atoms with Gasteiger partial charge in [0.05, 0.1) is 0 Å². The van der Waals surface area contributed by atoms with Gasteiger partial charge < -0.3 is 11.1 Å². The average molecular weight is 256 g/mol. The summed E-state index contributed by atoms with van der Waals surface area (Å²) < 4.78 is 0. The Morgan fingerprint density at radius 2 is 1.79 bits per heavy atom. The van der Waals surface area contributed by atoms with Gasteiger partial charge in [-0.2, -0.15) is 0 Å². The largest absolute Gasteiger partial charge is 0.330 e. The minimum absolute atomic E-state index is 0.556. The van der Waals surface area contributed by atoms with E-state index in [1.165, 1.54) is 16.3 Å². The lowest BCUT2D eigenvalue weighted by molar-refractivity contribution is 0.371. The average Bonchev–Trinajstić information content (AvgIpc) is 2.43. The van der Waals surface area contributed by atoms with Crippen molar-refractivity contribution in [3.63, 3.8) is 0 Å². The SMILES string of the molecule is CC(C)C(CN)CNCc1ccc2ccccc2c1. The molecule has 0 bridgehead atoms. The molecule has 102 valence electrons. The summed E-state index contributed by atoms with van der Waals surface area (Å²) in [5.74, 6) is 1.19. The molecule has 1 unspecified atom stereocenters. The minimum Gasteiger partial charge on any atom is -0.330 e. The Hall–Kier alpha value is -1.38. The monoisotopic (exact) mass is 256 g/mol. The summed E-state index contributed by atoms with van der Waals surface area (Å²) in [4.78, 5) is 0. The smallest absolute Gasteiger partial charge is 0.0205 e. The molecule has 0 heterocycles. The lowest BCUT2D eigenvalue weighted by atomic mass is 9.96. The van der Waals surface area contributed by atoms with E-state index in [1.54, 1.807) is 0 Å². The van der Waals surface area contributed by atoms with Gasteiger partial charge in [-0.05, 0) is 47.3 Å². The molecule has 0 saturated carbocycles.